The minimum atomic E-state index is 0.0232. The maximum atomic E-state index is 12.0. The molecule has 0 saturated heterocycles. The summed E-state index contributed by atoms with van der Waals surface area (Å²) in [7, 11) is 0. The molecule has 0 aromatic heterocycles. The third-order valence-corrected chi connectivity index (χ3v) is 3.76. The molecule has 0 amide bonds. The number of rotatable bonds is 5. The van der Waals surface area contributed by atoms with E-state index >= 15 is 0 Å². The Morgan fingerprint density at radius 3 is 1.62 bits per heavy atom. The first-order valence-corrected chi connectivity index (χ1v) is 7.97. The number of benzene rings is 3. The lowest BCUT2D eigenvalue weighted by Crippen LogP contribution is -2.09. The van der Waals surface area contributed by atoms with E-state index in [1.165, 1.54) is 0 Å². The molecular formula is C22H19NO. The zero-order valence-corrected chi connectivity index (χ0v) is 13.6. The van der Waals surface area contributed by atoms with Crippen LogP contribution in [0.5, 0.6) is 0 Å². The SMILES string of the molecule is C/C=C/C(=O)c1ccc(N(c2ccccc2)c2ccccc2)cc1. The summed E-state index contributed by atoms with van der Waals surface area (Å²) in [5.41, 5.74) is 3.87. The van der Waals surface area contributed by atoms with Crippen molar-refractivity contribution in [1.29, 1.82) is 0 Å². The van der Waals surface area contributed by atoms with Crippen molar-refractivity contribution in [2.75, 3.05) is 4.90 Å². The van der Waals surface area contributed by atoms with Crippen molar-refractivity contribution in [3.05, 3.63) is 103 Å². The van der Waals surface area contributed by atoms with E-state index in [0.29, 0.717) is 5.56 Å². The average Bonchev–Trinajstić information content (AvgIpc) is 2.64. The normalized spacial score (nSPS) is 10.7. The van der Waals surface area contributed by atoms with Gasteiger partial charge >= 0.3 is 0 Å². The van der Waals surface area contributed by atoms with Gasteiger partial charge in [0.1, 0.15) is 0 Å². The van der Waals surface area contributed by atoms with Crippen molar-refractivity contribution in [3.8, 4) is 0 Å². The van der Waals surface area contributed by atoms with Gasteiger partial charge in [0.25, 0.3) is 0 Å². The third-order valence-electron chi connectivity index (χ3n) is 3.76. The highest BCUT2D eigenvalue weighted by atomic mass is 16.1. The highest BCUT2D eigenvalue weighted by Gasteiger charge is 2.12. The molecule has 0 spiro atoms. The van der Waals surface area contributed by atoms with Crippen molar-refractivity contribution in [2.24, 2.45) is 0 Å². The van der Waals surface area contributed by atoms with Crippen molar-refractivity contribution in [3.63, 3.8) is 0 Å². The Labute approximate surface area is 142 Å². The minimum Gasteiger partial charge on any atom is -0.311 e. The highest BCUT2D eigenvalue weighted by molar-refractivity contribution is 6.04. The summed E-state index contributed by atoms with van der Waals surface area (Å²) in [5, 5.41) is 0. The van der Waals surface area contributed by atoms with Crippen LogP contribution >= 0.6 is 0 Å². The number of allylic oxidation sites excluding steroid dienone is 2. The van der Waals surface area contributed by atoms with Crippen molar-refractivity contribution < 1.29 is 4.79 Å². The molecule has 24 heavy (non-hydrogen) atoms. The number of carbonyl (C=O) groups is 1. The van der Waals surface area contributed by atoms with Crippen LogP contribution in [0.3, 0.4) is 0 Å². The van der Waals surface area contributed by atoms with Gasteiger partial charge in [-0.05, 0) is 61.5 Å². The molecule has 2 heteroatoms. The molecule has 0 saturated carbocycles. The molecular weight excluding hydrogens is 294 g/mol. The quantitative estimate of drug-likeness (QED) is 0.431. The van der Waals surface area contributed by atoms with Crippen LogP contribution in [0.4, 0.5) is 17.1 Å². The molecule has 0 radical (unpaired) electrons. The van der Waals surface area contributed by atoms with Crippen LogP contribution in [0, 0.1) is 0 Å². The van der Waals surface area contributed by atoms with E-state index in [4.69, 9.17) is 0 Å². The molecule has 3 rings (SSSR count). The van der Waals surface area contributed by atoms with Crippen LogP contribution in [-0.4, -0.2) is 5.78 Å². The lowest BCUT2D eigenvalue weighted by molar-refractivity contribution is 0.104. The zero-order valence-electron chi connectivity index (χ0n) is 13.6. The van der Waals surface area contributed by atoms with E-state index in [1.54, 1.807) is 12.2 Å². The van der Waals surface area contributed by atoms with E-state index in [9.17, 15) is 4.79 Å². The van der Waals surface area contributed by atoms with Crippen LogP contribution in [0.2, 0.25) is 0 Å². The van der Waals surface area contributed by atoms with Crippen LogP contribution in [-0.2, 0) is 0 Å². The second-order valence-corrected chi connectivity index (χ2v) is 5.42. The molecule has 2 nitrogen and oxygen atoms in total. The predicted octanol–water partition coefficient (Wildman–Crippen LogP) is 5.92. The first-order chi connectivity index (χ1) is 11.8. The summed E-state index contributed by atoms with van der Waals surface area (Å²) < 4.78 is 0. The number of nitrogens with zero attached hydrogens (tertiary/aromatic N) is 1. The largest absolute Gasteiger partial charge is 0.311 e. The van der Waals surface area contributed by atoms with E-state index in [2.05, 4.69) is 29.2 Å². The molecule has 118 valence electrons. The lowest BCUT2D eigenvalue weighted by atomic mass is 10.1. The number of hydrogen-bond acceptors (Lipinski definition) is 2. The van der Waals surface area contributed by atoms with Crippen LogP contribution in [0.15, 0.2) is 97.1 Å². The standard InChI is InChI=1S/C22H19NO/c1-2-9-22(24)18-14-16-21(17-15-18)23(19-10-5-3-6-11-19)20-12-7-4-8-13-20/h2-17H,1H3/b9-2+. The number of para-hydroxylation sites is 2. The minimum absolute atomic E-state index is 0.0232. The average molecular weight is 313 g/mol. The topological polar surface area (TPSA) is 20.3 Å². The molecule has 0 N–H and O–H groups in total. The van der Waals surface area contributed by atoms with Gasteiger partial charge in [-0.15, -0.1) is 0 Å². The van der Waals surface area contributed by atoms with E-state index in [-0.39, 0.29) is 5.78 Å². The summed E-state index contributed by atoms with van der Waals surface area (Å²) in [4.78, 5) is 14.1. The summed E-state index contributed by atoms with van der Waals surface area (Å²) in [5.74, 6) is 0.0232. The van der Waals surface area contributed by atoms with Crippen molar-refractivity contribution in [1.82, 2.24) is 0 Å². The Bertz CT molecular complexity index is 781. The first-order valence-electron chi connectivity index (χ1n) is 7.97. The molecule has 0 unspecified atom stereocenters. The van der Waals surface area contributed by atoms with E-state index < -0.39 is 0 Å². The van der Waals surface area contributed by atoms with Gasteiger partial charge in [0.05, 0.1) is 0 Å². The van der Waals surface area contributed by atoms with Gasteiger partial charge in [-0.2, -0.15) is 0 Å². The van der Waals surface area contributed by atoms with E-state index in [1.807, 2.05) is 67.6 Å². The van der Waals surface area contributed by atoms with Crippen LogP contribution in [0.25, 0.3) is 0 Å². The smallest absolute Gasteiger partial charge is 0.185 e. The molecule has 0 atom stereocenters. The number of hydrogen-bond donors (Lipinski definition) is 0. The third kappa shape index (κ3) is 3.44. The monoisotopic (exact) mass is 313 g/mol. The molecule has 0 aliphatic carbocycles. The fourth-order valence-electron chi connectivity index (χ4n) is 2.62. The van der Waals surface area contributed by atoms with E-state index in [0.717, 1.165) is 17.1 Å². The van der Waals surface area contributed by atoms with Crippen LogP contribution in [0.1, 0.15) is 17.3 Å². The van der Waals surface area contributed by atoms with Crippen LogP contribution < -0.4 is 4.90 Å². The van der Waals surface area contributed by atoms with Gasteiger partial charge in [0, 0.05) is 22.6 Å². The van der Waals surface area contributed by atoms with Gasteiger partial charge in [-0.25, -0.2) is 0 Å². The van der Waals surface area contributed by atoms with Gasteiger partial charge < -0.3 is 4.90 Å². The Morgan fingerprint density at radius 1 is 0.708 bits per heavy atom. The molecule has 0 bridgehead atoms. The van der Waals surface area contributed by atoms with Gasteiger partial charge in [0.15, 0.2) is 5.78 Å². The van der Waals surface area contributed by atoms with Gasteiger partial charge in [-0.1, -0.05) is 42.5 Å². The Kier molecular flexibility index (Phi) is 4.87. The Morgan fingerprint density at radius 2 is 1.17 bits per heavy atom. The fourth-order valence-corrected chi connectivity index (χ4v) is 2.62. The maximum absolute atomic E-state index is 12.0. The lowest BCUT2D eigenvalue weighted by Gasteiger charge is -2.25. The summed E-state index contributed by atoms with van der Waals surface area (Å²) in [6, 6.07) is 28.1. The zero-order chi connectivity index (χ0) is 16.8. The first kappa shape index (κ1) is 15.8. The summed E-state index contributed by atoms with van der Waals surface area (Å²) >= 11 is 0. The summed E-state index contributed by atoms with van der Waals surface area (Å²) in [6.45, 7) is 1.85. The highest BCUT2D eigenvalue weighted by Crippen LogP contribution is 2.34. The second-order valence-electron chi connectivity index (χ2n) is 5.42. The predicted molar refractivity (Wildman–Crippen MR) is 100 cm³/mol. The van der Waals surface area contributed by atoms with Gasteiger partial charge in [0.2, 0.25) is 0 Å². The molecule has 0 heterocycles. The Balaban J connectivity index is 2.02. The second kappa shape index (κ2) is 7.42. The van der Waals surface area contributed by atoms with Crippen molar-refractivity contribution in [2.45, 2.75) is 6.92 Å². The molecule has 0 aliphatic heterocycles. The molecule has 3 aromatic carbocycles. The maximum Gasteiger partial charge on any atom is 0.185 e. The molecule has 0 aliphatic rings. The summed E-state index contributed by atoms with van der Waals surface area (Å²) in [6.07, 6.45) is 3.34. The number of carbonyl (C=O) groups excluding carboxylic acids is 1. The Hall–Kier alpha value is -3.13. The van der Waals surface area contributed by atoms with Crippen molar-refractivity contribution >= 4 is 22.8 Å². The fraction of sp³-hybridized carbons (Fsp3) is 0.0455. The molecule has 0 fully saturated rings. The van der Waals surface area contributed by atoms with Gasteiger partial charge in [-0.3, -0.25) is 4.79 Å². The number of ketones is 1. The number of anilines is 3. The molecule has 3 aromatic rings.